The number of oxime groups is 1. The number of benzene rings is 1. The van der Waals surface area contributed by atoms with Gasteiger partial charge in [-0.1, -0.05) is 37.2 Å². The Bertz CT molecular complexity index is 611. The smallest absolute Gasteiger partial charge is 0.170 e. The van der Waals surface area contributed by atoms with Crippen molar-refractivity contribution in [1.82, 2.24) is 4.98 Å². The fourth-order valence-corrected chi connectivity index (χ4v) is 2.61. The predicted octanol–water partition coefficient (Wildman–Crippen LogP) is 3.08. The minimum atomic E-state index is 0.116. The van der Waals surface area contributed by atoms with Crippen molar-refractivity contribution in [3.8, 4) is 0 Å². The molecule has 1 aromatic heterocycles. The van der Waals surface area contributed by atoms with Gasteiger partial charge in [-0.25, -0.2) is 4.98 Å². The van der Waals surface area contributed by atoms with Gasteiger partial charge in [0.1, 0.15) is 0 Å². The number of thioether (sulfide) groups is 1. The Morgan fingerprint density at radius 1 is 1.42 bits per heavy atom. The van der Waals surface area contributed by atoms with Gasteiger partial charge >= 0.3 is 0 Å². The lowest BCUT2D eigenvalue weighted by Gasteiger charge is -2.09. The van der Waals surface area contributed by atoms with Gasteiger partial charge in [-0.15, -0.1) is 11.8 Å². The molecular weight excluding hydrogens is 258 g/mol. The van der Waals surface area contributed by atoms with Crippen molar-refractivity contribution >= 4 is 28.5 Å². The number of hydrogen-bond acceptors (Lipinski definition) is 4. The maximum atomic E-state index is 8.89. The van der Waals surface area contributed by atoms with Gasteiger partial charge in [0.2, 0.25) is 0 Å². The summed E-state index contributed by atoms with van der Waals surface area (Å²) in [5.41, 5.74) is 7.33. The number of rotatable bonds is 4. The molecule has 1 heterocycles. The molecule has 1 aromatic carbocycles. The first kappa shape index (κ1) is 13.7. The van der Waals surface area contributed by atoms with Gasteiger partial charge in [-0.05, 0) is 18.1 Å². The first-order valence-electron chi connectivity index (χ1n) is 6.12. The van der Waals surface area contributed by atoms with Crippen molar-refractivity contribution in [3.05, 3.63) is 35.9 Å². The minimum absolute atomic E-state index is 0.116. The summed E-state index contributed by atoms with van der Waals surface area (Å²) in [4.78, 5) is 4.60. The second-order valence-electron chi connectivity index (χ2n) is 4.72. The van der Waals surface area contributed by atoms with Crippen LogP contribution in [0.3, 0.4) is 0 Å². The van der Waals surface area contributed by atoms with Crippen LogP contribution in [-0.2, 0) is 0 Å². The Kier molecular flexibility index (Phi) is 4.27. The van der Waals surface area contributed by atoms with Crippen molar-refractivity contribution < 1.29 is 5.21 Å². The third-order valence-electron chi connectivity index (χ3n) is 2.64. The average molecular weight is 275 g/mol. The Morgan fingerprint density at radius 3 is 2.84 bits per heavy atom. The molecule has 4 nitrogen and oxygen atoms in total. The molecule has 0 atom stereocenters. The summed E-state index contributed by atoms with van der Waals surface area (Å²) in [5, 5.41) is 13.8. The molecule has 0 fully saturated rings. The molecule has 0 aliphatic carbocycles. The zero-order valence-corrected chi connectivity index (χ0v) is 11.8. The molecule has 0 bridgehead atoms. The van der Waals surface area contributed by atoms with E-state index in [-0.39, 0.29) is 5.84 Å². The van der Waals surface area contributed by atoms with Crippen LogP contribution in [0.15, 0.2) is 40.5 Å². The van der Waals surface area contributed by atoms with E-state index in [1.165, 1.54) is 0 Å². The van der Waals surface area contributed by atoms with E-state index in [0.717, 1.165) is 27.2 Å². The Hall–Kier alpha value is -1.75. The first-order valence-corrected chi connectivity index (χ1v) is 7.11. The maximum absolute atomic E-state index is 8.89. The van der Waals surface area contributed by atoms with Crippen LogP contribution in [0.2, 0.25) is 0 Å². The van der Waals surface area contributed by atoms with E-state index in [0.29, 0.717) is 5.92 Å². The van der Waals surface area contributed by atoms with Crippen LogP contribution in [-0.4, -0.2) is 21.8 Å². The molecule has 3 N–H and O–H groups in total. The number of fused-ring (bicyclic) bond motifs is 1. The molecule has 5 heteroatoms. The van der Waals surface area contributed by atoms with Crippen LogP contribution >= 0.6 is 11.8 Å². The molecular formula is C14H17N3OS. The van der Waals surface area contributed by atoms with Crippen LogP contribution in [0.5, 0.6) is 0 Å². The minimum Gasteiger partial charge on any atom is -0.409 e. The van der Waals surface area contributed by atoms with Crippen molar-refractivity contribution in [1.29, 1.82) is 0 Å². The van der Waals surface area contributed by atoms with Gasteiger partial charge in [0.15, 0.2) is 5.84 Å². The van der Waals surface area contributed by atoms with E-state index >= 15 is 0 Å². The molecule has 2 rings (SSSR count). The van der Waals surface area contributed by atoms with Crippen LogP contribution in [0.25, 0.3) is 10.9 Å². The third kappa shape index (κ3) is 3.17. The second-order valence-corrected chi connectivity index (χ2v) is 5.76. The highest BCUT2D eigenvalue weighted by Gasteiger charge is 2.10. The maximum Gasteiger partial charge on any atom is 0.170 e. The summed E-state index contributed by atoms with van der Waals surface area (Å²) >= 11 is 1.68. The monoisotopic (exact) mass is 275 g/mol. The molecule has 0 radical (unpaired) electrons. The number of para-hydroxylation sites is 1. The second kappa shape index (κ2) is 5.93. The molecule has 100 valence electrons. The summed E-state index contributed by atoms with van der Waals surface area (Å²) in [6, 6.07) is 9.58. The number of nitrogens with two attached hydrogens (primary N) is 1. The Morgan fingerprint density at radius 2 is 2.16 bits per heavy atom. The Balaban J connectivity index is 2.50. The molecule has 0 saturated carbocycles. The van der Waals surface area contributed by atoms with E-state index in [1.807, 2.05) is 30.3 Å². The predicted molar refractivity (Wildman–Crippen MR) is 79.8 cm³/mol. The van der Waals surface area contributed by atoms with Crippen molar-refractivity contribution in [3.63, 3.8) is 0 Å². The fraction of sp³-hybridized carbons (Fsp3) is 0.286. The van der Waals surface area contributed by atoms with Gasteiger partial charge in [0.25, 0.3) is 0 Å². The van der Waals surface area contributed by atoms with Crippen LogP contribution in [0.4, 0.5) is 0 Å². The van der Waals surface area contributed by atoms with Crippen molar-refractivity contribution in [2.45, 2.75) is 18.9 Å². The highest BCUT2D eigenvalue weighted by atomic mass is 32.2. The highest BCUT2D eigenvalue weighted by Crippen LogP contribution is 2.25. The summed E-state index contributed by atoms with van der Waals surface area (Å²) in [6.07, 6.45) is 0. The SMILES string of the molecule is CC(C)CSc1cc(C(N)=NO)c2ccccc2n1. The van der Waals surface area contributed by atoms with Gasteiger partial charge in [-0.3, -0.25) is 0 Å². The number of hydrogen-bond donors (Lipinski definition) is 2. The molecule has 0 amide bonds. The average Bonchev–Trinajstić information content (AvgIpc) is 2.43. The summed E-state index contributed by atoms with van der Waals surface area (Å²) in [5.74, 6) is 1.69. The van der Waals surface area contributed by atoms with E-state index in [9.17, 15) is 0 Å². The van der Waals surface area contributed by atoms with Crippen LogP contribution in [0.1, 0.15) is 19.4 Å². The molecule has 0 unspecified atom stereocenters. The van der Waals surface area contributed by atoms with Gasteiger partial charge < -0.3 is 10.9 Å². The Labute approximate surface area is 116 Å². The zero-order chi connectivity index (χ0) is 13.8. The summed E-state index contributed by atoms with van der Waals surface area (Å²) < 4.78 is 0. The van der Waals surface area contributed by atoms with Crippen molar-refractivity contribution in [2.75, 3.05) is 5.75 Å². The number of amidine groups is 1. The topological polar surface area (TPSA) is 71.5 Å². The number of nitrogens with zero attached hydrogens (tertiary/aromatic N) is 2. The van der Waals surface area contributed by atoms with Crippen molar-refractivity contribution in [2.24, 2.45) is 16.8 Å². The lowest BCUT2D eigenvalue weighted by molar-refractivity contribution is 0.318. The van der Waals surface area contributed by atoms with E-state index in [1.54, 1.807) is 11.8 Å². The van der Waals surface area contributed by atoms with Gasteiger partial charge in [-0.2, -0.15) is 0 Å². The van der Waals surface area contributed by atoms with E-state index in [2.05, 4.69) is 24.0 Å². The molecule has 0 aliphatic heterocycles. The van der Waals surface area contributed by atoms with E-state index in [4.69, 9.17) is 10.9 Å². The van der Waals surface area contributed by atoms with E-state index < -0.39 is 0 Å². The lowest BCUT2D eigenvalue weighted by atomic mass is 10.1. The molecule has 19 heavy (non-hydrogen) atoms. The largest absolute Gasteiger partial charge is 0.409 e. The molecule has 0 saturated heterocycles. The summed E-state index contributed by atoms with van der Waals surface area (Å²) in [7, 11) is 0. The highest BCUT2D eigenvalue weighted by molar-refractivity contribution is 7.99. The third-order valence-corrected chi connectivity index (χ3v) is 3.98. The van der Waals surface area contributed by atoms with Gasteiger partial charge in [0, 0.05) is 16.7 Å². The fourth-order valence-electron chi connectivity index (χ4n) is 1.74. The van der Waals surface area contributed by atoms with Crippen LogP contribution < -0.4 is 5.73 Å². The number of pyridine rings is 1. The zero-order valence-electron chi connectivity index (χ0n) is 11.0. The summed E-state index contributed by atoms with van der Waals surface area (Å²) in [6.45, 7) is 4.33. The van der Waals surface area contributed by atoms with Crippen LogP contribution in [0, 0.1) is 5.92 Å². The molecule has 0 aliphatic rings. The molecule has 2 aromatic rings. The first-order chi connectivity index (χ1) is 9.11. The standard InChI is InChI=1S/C14H17N3OS/c1-9(2)8-19-13-7-11(14(15)17-18)10-5-3-4-6-12(10)16-13/h3-7,9,18H,8H2,1-2H3,(H2,15,17). The quantitative estimate of drug-likeness (QED) is 0.296. The number of aromatic nitrogens is 1. The normalized spacial score (nSPS) is 12.3. The lowest BCUT2D eigenvalue weighted by Crippen LogP contribution is -2.14. The molecule has 0 spiro atoms. The van der Waals surface area contributed by atoms with Gasteiger partial charge in [0.05, 0.1) is 10.5 Å².